The third-order valence-electron chi connectivity index (χ3n) is 3.82. The van der Waals surface area contributed by atoms with Gasteiger partial charge in [0.2, 0.25) is 0 Å². The lowest BCUT2D eigenvalue weighted by Crippen LogP contribution is -2.09. The molecule has 0 unspecified atom stereocenters. The molecule has 0 atom stereocenters. The molecule has 0 spiro atoms. The molecule has 3 N–H and O–H groups in total. The second kappa shape index (κ2) is 7.60. The van der Waals surface area contributed by atoms with E-state index in [0.29, 0.717) is 23.3 Å². The Balaban J connectivity index is 2.06. The van der Waals surface area contributed by atoms with Crippen molar-refractivity contribution in [1.82, 2.24) is 25.2 Å². The molecular weight excluding hydrogens is 331 g/mol. The van der Waals surface area contributed by atoms with Gasteiger partial charge in [-0.15, -0.1) is 0 Å². The number of rotatable bonds is 7. The van der Waals surface area contributed by atoms with Crippen LogP contribution in [0.5, 0.6) is 0 Å². The van der Waals surface area contributed by atoms with Crippen LogP contribution in [0.15, 0.2) is 61.7 Å². The molecular formula is C19H19FN6. The molecule has 2 aromatic heterocycles. The van der Waals surface area contributed by atoms with Gasteiger partial charge in [-0.3, -0.25) is 5.41 Å². The summed E-state index contributed by atoms with van der Waals surface area (Å²) < 4.78 is 14.9. The van der Waals surface area contributed by atoms with Gasteiger partial charge in [-0.2, -0.15) is 5.10 Å². The molecule has 0 radical (unpaired) electrons. The summed E-state index contributed by atoms with van der Waals surface area (Å²) in [5, 5.41) is 18.8. The van der Waals surface area contributed by atoms with E-state index in [-0.39, 0.29) is 11.5 Å². The molecule has 0 aliphatic heterocycles. The first-order valence-corrected chi connectivity index (χ1v) is 8.04. The smallest absolute Gasteiger partial charge is 0.161 e. The Labute approximate surface area is 150 Å². The van der Waals surface area contributed by atoms with Crippen LogP contribution in [0.1, 0.15) is 16.8 Å². The van der Waals surface area contributed by atoms with Crippen LogP contribution in [-0.4, -0.2) is 27.4 Å². The Kier molecular flexibility index (Phi) is 5.07. The molecule has 0 aliphatic rings. The third-order valence-corrected chi connectivity index (χ3v) is 3.82. The minimum Gasteiger partial charge on any atom is -0.393 e. The summed E-state index contributed by atoms with van der Waals surface area (Å²) in [6, 6.07) is 7.68. The number of hydrogen-bond donors (Lipinski definition) is 3. The van der Waals surface area contributed by atoms with E-state index in [1.807, 2.05) is 12.3 Å². The fraction of sp³-hybridized carbons (Fsp3) is 0.105. The molecule has 1 aromatic carbocycles. The van der Waals surface area contributed by atoms with Gasteiger partial charge >= 0.3 is 0 Å². The van der Waals surface area contributed by atoms with Crippen molar-refractivity contribution < 1.29 is 4.39 Å². The SMILES string of the molecule is C=CNCc1cn2nccc(/C(=C/NC)C(=N)c3ccc(F)cc3)c2n1. The Bertz CT molecular complexity index is 971. The average Bonchev–Trinajstić information content (AvgIpc) is 3.07. The first kappa shape index (κ1) is 17.3. The highest BCUT2D eigenvalue weighted by molar-refractivity contribution is 6.31. The van der Waals surface area contributed by atoms with Crippen LogP contribution in [0.3, 0.4) is 0 Å². The van der Waals surface area contributed by atoms with Gasteiger partial charge in [0.15, 0.2) is 5.65 Å². The lowest BCUT2D eigenvalue weighted by molar-refractivity contribution is 0.628. The van der Waals surface area contributed by atoms with Crippen LogP contribution in [0.4, 0.5) is 4.39 Å². The molecule has 132 valence electrons. The van der Waals surface area contributed by atoms with Crippen molar-refractivity contribution in [1.29, 1.82) is 5.41 Å². The van der Waals surface area contributed by atoms with Gasteiger partial charge in [0.05, 0.1) is 24.1 Å². The van der Waals surface area contributed by atoms with E-state index in [2.05, 4.69) is 27.3 Å². The highest BCUT2D eigenvalue weighted by Gasteiger charge is 2.16. The van der Waals surface area contributed by atoms with E-state index < -0.39 is 0 Å². The number of aromatic nitrogens is 3. The number of imidazole rings is 1. The van der Waals surface area contributed by atoms with Gasteiger partial charge in [-0.1, -0.05) is 6.58 Å². The largest absolute Gasteiger partial charge is 0.393 e. The standard InChI is InChI=1S/C19H19FN6/c1-3-23-10-15-12-26-19(25-15)16(8-9-24-26)17(11-22-2)18(21)13-4-6-14(20)7-5-13/h3-9,11-12,21-23H,1,10H2,2H3/b17-11-,21-18?. The summed E-state index contributed by atoms with van der Waals surface area (Å²) in [7, 11) is 1.77. The second-order valence-corrected chi connectivity index (χ2v) is 5.56. The Morgan fingerprint density at radius 1 is 1.31 bits per heavy atom. The summed E-state index contributed by atoms with van der Waals surface area (Å²) >= 11 is 0. The predicted octanol–water partition coefficient (Wildman–Crippen LogP) is 2.73. The number of halogens is 1. The molecule has 26 heavy (non-hydrogen) atoms. The second-order valence-electron chi connectivity index (χ2n) is 5.56. The van der Waals surface area contributed by atoms with Crippen molar-refractivity contribution in [2.24, 2.45) is 0 Å². The van der Waals surface area contributed by atoms with Crippen molar-refractivity contribution in [3.8, 4) is 0 Å². The van der Waals surface area contributed by atoms with Crippen LogP contribution < -0.4 is 10.6 Å². The van der Waals surface area contributed by atoms with Gasteiger partial charge < -0.3 is 10.6 Å². The normalized spacial score (nSPS) is 11.4. The first-order chi connectivity index (χ1) is 12.6. The maximum Gasteiger partial charge on any atom is 0.161 e. The summed E-state index contributed by atoms with van der Waals surface area (Å²) in [6.07, 6.45) is 6.83. The van der Waals surface area contributed by atoms with Crippen LogP contribution in [-0.2, 0) is 6.54 Å². The fourth-order valence-electron chi connectivity index (χ4n) is 2.62. The minimum absolute atomic E-state index is 0.265. The van der Waals surface area contributed by atoms with E-state index >= 15 is 0 Å². The lowest BCUT2D eigenvalue weighted by Gasteiger charge is -2.11. The highest BCUT2D eigenvalue weighted by atomic mass is 19.1. The molecule has 3 aromatic rings. The Morgan fingerprint density at radius 2 is 2.08 bits per heavy atom. The first-order valence-electron chi connectivity index (χ1n) is 8.04. The van der Waals surface area contributed by atoms with E-state index in [0.717, 1.165) is 11.3 Å². The topological polar surface area (TPSA) is 78.1 Å². The number of hydrogen-bond acceptors (Lipinski definition) is 5. The molecule has 2 heterocycles. The van der Waals surface area contributed by atoms with Crippen molar-refractivity contribution in [3.63, 3.8) is 0 Å². The molecule has 7 heteroatoms. The zero-order valence-electron chi connectivity index (χ0n) is 14.3. The average molecular weight is 350 g/mol. The van der Waals surface area contributed by atoms with Crippen LogP contribution >= 0.6 is 0 Å². The molecule has 3 rings (SSSR count). The number of nitrogens with zero attached hydrogens (tertiary/aromatic N) is 3. The summed E-state index contributed by atoms with van der Waals surface area (Å²) in [6.45, 7) is 4.16. The van der Waals surface area contributed by atoms with Crippen LogP contribution in [0.25, 0.3) is 11.2 Å². The highest BCUT2D eigenvalue weighted by Crippen LogP contribution is 2.23. The van der Waals surface area contributed by atoms with Crippen LogP contribution in [0, 0.1) is 11.2 Å². The lowest BCUT2D eigenvalue weighted by atomic mass is 9.97. The molecule has 0 saturated carbocycles. The van der Waals surface area contributed by atoms with E-state index in [1.165, 1.54) is 12.1 Å². The number of allylic oxidation sites excluding steroid dienone is 1. The Hall–Kier alpha value is -3.48. The van der Waals surface area contributed by atoms with E-state index in [4.69, 9.17) is 5.41 Å². The molecule has 0 fully saturated rings. The predicted molar refractivity (Wildman–Crippen MR) is 100 cm³/mol. The van der Waals surface area contributed by atoms with Crippen LogP contribution in [0.2, 0.25) is 0 Å². The molecule has 0 bridgehead atoms. The van der Waals surface area contributed by atoms with Gasteiger partial charge in [-0.25, -0.2) is 13.9 Å². The summed E-state index contributed by atoms with van der Waals surface area (Å²) in [5.41, 5.74) is 3.72. The van der Waals surface area contributed by atoms with E-state index in [9.17, 15) is 4.39 Å². The molecule has 0 amide bonds. The minimum atomic E-state index is -0.334. The van der Waals surface area contributed by atoms with Crippen molar-refractivity contribution in [2.45, 2.75) is 6.54 Å². The van der Waals surface area contributed by atoms with Crippen molar-refractivity contribution >= 4 is 16.9 Å². The van der Waals surface area contributed by atoms with E-state index in [1.54, 1.807) is 42.3 Å². The van der Waals surface area contributed by atoms with Gasteiger partial charge in [0.25, 0.3) is 0 Å². The Morgan fingerprint density at radius 3 is 2.77 bits per heavy atom. The maximum atomic E-state index is 13.2. The third kappa shape index (κ3) is 3.46. The quantitative estimate of drug-likeness (QED) is 0.573. The molecule has 0 saturated heterocycles. The summed E-state index contributed by atoms with van der Waals surface area (Å²) in [4.78, 5) is 4.61. The molecule has 0 aliphatic carbocycles. The number of fused-ring (bicyclic) bond motifs is 1. The summed E-state index contributed by atoms with van der Waals surface area (Å²) in [5.74, 6) is -0.334. The van der Waals surface area contributed by atoms with Gasteiger partial charge in [0.1, 0.15) is 5.82 Å². The van der Waals surface area contributed by atoms with Crippen molar-refractivity contribution in [3.05, 3.63) is 84.3 Å². The zero-order valence-corrected chi connectivity index (χ0v) is 14.3. The van der Waals surface area contributed by atoms with Crippen molar-refractivity contribution in [2.75, 3.05) is 7.05 Å². The zero-order chi connectivity index (χ0) is 18.5. The maximum absolute atomic E-state index is 13.2. The number of benzene rings is 1. The fourth-order valence-corrected chi connectivity index (χ4v) is 2.62. The van der Waals surface area contributed by atoms with Gasteiger partial charge in [-0.05, 0) is 36.5 Å². The molecule has 6 nitrogen and oxygen atoms in total. The van der Waals surface area contributed by atoms with Gasteiger partial charge in [0, 0.05) is 36.1 Å². The monoisotopic (exact) mass is 350 g/mol. The number of nitrogens with one attached hydrogen (secondary N) is 3.